The molecule has 0 fully saturated rings. The number of rotatable bonds is 2. The first-order valence-electron chi connectivity index (χ1n) is 8.64. The van der Waals surface area contributed by atoms with Crippen molar-refractivity contribution < 1.29 is 18.0 Å². The van der Waals surface area contributed by atoms with Gasteiger partial charge in [0, 0.05) is 6.54 Å². The predicted octanol–water partition coefficient (Wildman–Crippen LogP) is 4.89. The fourth-order valence-electron chi connectivity index (χ4n) is 3.64. The van der Waals surface area contributed by atoms with Gasteiger partial charge in [-0.3, -0.25) is 4.79 Å². The van der Waals surface area contributed by atoms with Gasteiger partial charge in [-0.1, -0.05) is 42.5 Å². The summed E-state index contributed by atoms with van der Waals surface area (Å²) < 4.78 is 41.8. The van der Waals surface area contributed by atoms with Crippen LogP contribution in [0.5, 0.6) is 0 Å². The molecular formula is C22H16F3NO. The molecule has 0 radical (unpaired) electrons. The van der Waals surface area contributed by atoms with Gasteiger partial charge in [-0.05, 0) is 47.4 Å². The summed E-state index contributed by atoms with van der Waals surface area (Å²) in [4.78, 5) is 14.5. The lowest BCUT2D eigenvalue weighted by atomic mass is 9.87. The first-order chi connectivity index (χ1) is 13.1. The molecule has 1 aliphatic heterocycles. The average molecular weight is 367 g/mol. The molecule has 0 unspecified atom stereocenters. The maximum atomic E-state index is 14.2. The fourth-order valence-corrected chi connectivity index (χ4v) is 3.64. The fraction of sp³-hybridized carbons (Fsp3) is 0.136. The molecule has 136 valence electrons. The zero-order valence-corrected chi connectivity index (χ0v) is 14.3. The highest BCUT2D eigenvalue weighted by Crippen LogP contribution is 2.36. The van der Waals surface area contributed by atoms with E-state index in [4.69, 9.17) is 0 Å². The van der Waals surface area contributed by atoms with E-state index in [9.17, 15) is 18.0 Å². The van der Waals surface area contributed by atoms with Gasteiger partial charge in [-0.15, -0.1) is 0 Å². The first-order valence-corrected chi connectivity index (χ1v) is 8.64. The van der Waals surface area contributed by atoms with Crippen LogP contribution >= 0.6 is 0 Å². The van der Waals surface area contributed by atoms with E-state index >= 15 is 0 Å². The van der Waals surface area contributed by atoms with Crippen molar-refractivity contribution in [1.29, 1.82) is 0 Å². The van der Waals surface area contributed by atoms with Crippen LogP contribution in [0, 0.1) is 17.5 Å². The standard InChI is InChI=1S/C22H16F3NO/c23-16-10-8-15(9-11-16)21-17-5-2-1-4-14(17)12-13-26(21)22(27)20-18(24)6-3-7-19(20)25/h1-11,21H,12-13H2/t21-/m0/s1. The van der Waals surface area contributed by atoms with E-state index in [-0.39, 0.29) is 5.82 Å². The Labute approximate surface area is 154 Å². The van der Waals surface area contributed by atoms with Crippen LogP contribution in [0.25, 0.3) is 0 Å². The van der Waals surface area contributed by atoms with Crippen LogP contribution in [-0.4, -0.2) is 17.4 Å². The molecule has 1 amide bonds. The number of fused-ring (bicyclic) bond motifs is 1. The summed E-state index contributed by atoms with van der Waals surface area (Å²) in [5.41, 5.74) is 2.06. The second kappa shape index (κ2) is 6.91. The third-order valence-electron chi connectivity index (χ3n) is 4.91. The van der Waals surface area contributed by atoms with E-state index in [2.05, 4.69) is 0 Å². The molecule has 3 aromatic rings. The molecule has 0 spiro atoms. The Kier molecular flexibility index (Phi) is 4.44. The minimum atomic E-state index is -0.892. The van der Waals surface area contributed by atoms with Gasteiger partial charge in [-0.2, -0.15) is 0 Å². The molecule has 1 aliphatic rings. The number of amides is 1. The molecule has 2 nitrogen and oxygen atoms in total. The molecule has 3 aromatic carbocycles. The summed E-state index contributed by atoms with van der Waals surface area (Å²) in [6, 6.07) is 16.3. The predicted molar refractivity (Wildman–Crippen MR) is 95.8 cm³/mol. The lowest BCUT2D eigenvalue weighted by molar-refractivity contribution is 0.0684. The maximum absolute atomic E-state index is 14.2. The molecule has 0 bridgehead atoms. The quantitative estimate of drug-likeness (QED) is 0.631. The number of nitrogens with zero attached hydrogens (tertiary/aromatic N) is 1. The third-order valence-corrected chi connectivity index (χ3v) is 4.91. The van der Waals surface area contributed by atoms with Crippen molar-refractivity contribution in [2.45, 2.75) is 12.5 Å². The van der Waals surface area contributed by atoms with Crippen LogP contribution in [0.15, 0.2) is 66.7 Å². The number of benzene rings is 3. The number of carbonyl (C=O) groups excluding carboxylic acids is 1. The van der Waals surface area contributed by atoms with Crippen molar-refractivity contribution in [3.05, 3.63) is 106 Å². The molecule has 0 aromatic heterocycles. The molecule has 5 heteroatoms. The summed E-state index contributed by atoms with van der Waals surface area (Å²) in [7, 11) is 0. The van der Waals surface area contributed by atoms with Crippen molar-refractivity contribution in [2.24, 2.45) is 0 Å². The van der Waals surface area contributed by atoms with Crippen LogP contribution in [0.3, 0.4) is 0 Å². The van der Waals surface area contributed by atoms with Gasteiger partial charge in [0.05, 0.1) is 6.04 Å². The molecule has 0 saturated carbocycles. The number of carbonyl (C=O) groups is 1. The topological polar surface area (TPSA) is 20.3 Å². The van der Waals surface area contributed by atoms with Crippen molar-refractivity contribution in [2.75, 3.05) is 6.54 Å². The Morgan fingerprint density at radius 2 is 1.52 bits per heavy atom. The second-order valence-electron chi connectivity index (χ2n) is 6.50. The van der Waals surface area contributed by atoms with Crippen LogP contribution in [0.4, 0.5) is 13.2 Å². The van der Waals surface area contributed by atoms with E-state index in [1.54, 1.807) is 12.1 Å². The molecule has 0 N–H and O–H groups in total. The molecule has 0 aliphatic carbocycles. The highest BCUT2D eigenvalue weighted by Gasteiger charge is 2.34. The monoisotopic (exact) mass is 367 g/mol. The number of halogens is 3. The normalized spacial score (nSPS) is 16.1. The molecule has 27 heavy (non-hydrogen) atoms. The summed E-state index contributed by atoms with van der Waals surface area (Å²) in [5, 5.41) is 0. The summed E-state index contributed by atoms with van der Waals surface area (Å²) in [5.74, 6) is -2.89. The Hall–Kier alpha value is -3.08. The highest BCUT2D eigenvalue weighted by molar-refractivity contribution is 5.95. The SMILES string of the molecule is O=C(c1c(F)cccc1F)N1CCc2ccccc2[C@@H]1c1ccc(F)cc1. The van der Waals surface area contributed by atoms with Gasteiger partial charge in [0.1, 0.15) is 23.0 Å². The van der Waals surface area contributed by atoms with Crippen LogP contribution < -0.4 is 0 Å². The molecular weight excluding hydrogens is 351 g/mol. The lowest BCUT2D eigenvalue weighted by Gasteiger charge is -2.38. The van der Waals surface area contributed by atoms with Crippen molar-refractivity contribution in [3.8, 4) is 0 Å². The van der Waals surface area contributed by atoms with Crippen LogP contribution in [0.2, 0.25) is 0 Å². The van der Waals surface area contributed by atoms with E-state index in [1.807, 2.05) is 24.3 Å². The van der Waals surface area contributed by atoms with E-state index < -0.39 is 29.1 Å². The molecule has 0 saturated heterocycles. The highest BCUT2D eigenvalue weighted by atomic mass is 19.1. The van der Waals surface area contributed by atoms with Gasteiger partial charge in [0.25, 0.3) is 5.91 Å². The number of hydrogen-bond donors (Lipinski definition) is 0. The average Bonchev–Trinajstić information content (AvgIpc) is 2.67. The Morgan fingerprint density at radius 3 is 2.22 bits per heavy atom. The minimum Gasteiger partial charge on any atom is -0.327 e. The summed E-state index contributed by atoms with van der Waals surface area (Å²) in [6.45, 7) is 0.311. The van der Waals surface area contributed by atoms with Crippen molar-refractivity contribution >= 4 is 5.91 Å². The van der Waals surface area contributed by atoms with E-state index in [1.165, 1.54) is 23.1 Å². The maximum Gasteiger partial charge on any atom is 0.260 e. The van der Waals surface area contributed by atoms with Gasteiger partial charge in [0.2, 0.25) is 0 Å². The molecule has 1 atom stereocenters. The Morgan fingerprint density at radius 1 is 0.852 bits per heavy atom. The molecule has 1 heterocycles. The van der Waals surface area contributed by atoms with Crippen LogP contribution in [-0.2, 0) is 6.42 Å². The van der Waals surface area contributed by atoms with Gasteiger partial charge < -0.3 is 4.90 Å². The summed E-state index contributed by atoms with van der Waals surface area (Å²) >= 11 is 0. The van der Waals surface area contributed by atoms with E-state index in [0.29, 0.717) is 18.5 Å². The summed E-state index contributed by atoms with van der Waals surface area (Å²) in [6.07, 6.45) is 0.579. The smallest absolute Gasteiger partial charge is 0.260 e. The Bertz CT molecular complexity index is 980. The van der Waals surface area contributed by atoms with Crippen molar-refractivity contribution in [1.82, 2.24) is 4.90 Å². The van der Waals surface area contributed by atoms with Crippen molar-refractivity contribution in [3.63, 3.8) is 0 Å². The minimum absolute atomic E-state index is 0.311. The van der Waals surface area contributed by atoms with E-state index in [0.717, 1.165) is 23.3 Å². The third kappa shape index (κ3) is 3.10. The lowest BCUT2D eigenvalue weighted by Crippen LogP contribution is -2.41. The van der Waals surface area contributed by atoms with Gasteiger partial charge >= 0.3 is 0 Å². The van der Waals surface area contributed by atoms with Crippen LogP contribution in [0.1, 0.15) is 33.1 Å². The zero-order chi connectivity index (χ0) is 19.0. The second-order valence-corrected chi connectivity index (χ2v) is 6.50. The Balaban J connectivity index is 1.84. The number of hydrogen-bond acceptors (Lipinski definition) is 1. The largest absolute Gasteiger partial charge is 0.327 e. The molecule has 4 rings (SSSR count). The van der Waals surface area contributed by atoms with Gasteiger partial charge in [-0.25, -0.2) is 13.2 Å². The van der Waals surface area contributed by atoms with Gasteiger partial charge in [0.15, 0.2) is 0 Å². The zero-order valence-electron chi connectivity index (χ0n) is 14.3. The first kappa shape index (κ1) is 17.3.